The normalized spacial score (nSPS) is 15.4. The Hall–Kier alpha value is -2.99. The summed E-state index contributed by atoms with van der Waals surface area (Å²) in [6.07, 6.45) is 0.419. The highest BCUT2D eigenvalue weighted by atomic mass is 32.2. The molecule has 2 heterocycles. The van der Waals surface area contributed by atoms with E-state index in [0.29, 0.717) is 26.4 Å². The molecule has 0 spiro atoms. The molecule has 51 heavy (non-hydrogen) atoms. The van der Waals surface area contributed by atoms with E-state index in [1.54, 1.807) is 0 Å². The zero-order chi connectivity index (χ0) is 36.9. The Morgan fingerprint density at radius 3 is 1.71 bits per heavy atom. The van der Waals surface area contributed by atoms with E-state index in [2.05, 4.69) is 4.74 Å². The van der Waals surface area contributed by atoms with Gasteiger partial charge in [0.2, 0.25) is 34.8 Å². The van der Waals surface area contributed by atoms with Crippen molar-refractivity contribution in [1.29, 1.82) is 0 Å². The predicted octanol–water partition coefficient (Wildman–Crippen LogP) is 7.62. The number of carbonyl (C=O) groups excluding carboxylic acids is 3. The average Bonchev–Trinajstić information content (AvgIpc) is 3.07. The lowest BCUT2D eigenvalue weighted by molar-refractivity contribution is -0.116. The minimum atomic E-state index is -5.39. The minimum absolute atomic E-state index is 0.0632. The monoisotopic (exact) mass is 784 g/mol. The summed E-state index contributed by atoms with van der Waals surface area (Å²) < 4.78 is 140. The summed E-state index contributed by atoms with van der Waals surface area (Å²) in [4.78, 5) is 37.0. The first kappa shape index (κ1) is 39.2. The molecule has 2 aliphatic rings. The van der Waals surface area contributed by atoms with Crippen LogP contribution in [-0.4, -0.2) is 67.3 Å². The third-order valence-electron chi connectivity index (χ3n) is 7.67. The molecule has 0 atom stereocenters. The Morgan fingerprint density at radius 2 is 1.22 bits per heavy atom. The van der Waals surface area contributed by atoms with Crippen LogP contribution in [0.15, 0.2) is 36.4 Å². The van der Waals surface area contributed by atoms with Gasteiger partial charge in [-0.15, -0.1) is 0 Å². The van der Waals surface area contributed by atoms with E-state index in [1.165, 1.54) is 12.1 Å². The molecule has 9 nitrogen and oxygen atoms in total. The number of fused-ring (bicyclic) bond motifs is 1. The maximum atomic E-state index is 16.1. The number of esters is 1. The van der Waals surface area contributed by atoms with Crippen molar-refractivity contribution < 1.29 is 72.9 Å². The Bertz CT molecular complexity index is 1790. The number of alkyl halides is 2. The summed E-state index contributed by atoms with van der Waals surface area (Å²) in [7, 11) is -5.39. The molecule has 276 valence electrons. The first-order chi connectivity index (χ1) is 24.2. The fraction of sp³-hybridized carbons (Fsp3) is 0.406. The van der Waals surface area contributed by atoms with E-state index in [0.717, 1.165) is 47.8 Å². The number of rotatable bonds is 16. The van der Waals surface area contributed by atoms with Gasteiger partial charge in [0.05, 0.1) is 45.2 Å². The van der Waals surface area contributed by atoms with Gasteiger partial charge in [0.15, 0.2) is 10.2 Å². The lowest BCUT2D eigenvalue weighted by Gasteiger charge is -2.27. The Labute approximate surface area is 294 Å². The molecule has 2 aliphatic heterocycles. The molecule has 0 bridgehead atoms. The molecule has 0 unspecified atom stereocenters. The number of hydrogen-bond acceptors (Lipinski definition) is 11. The molecule has 3 aromatic rings. The highest BCUT2D eigenvalue weighted by molar-refractivity contribution is 8.13. The number of benzene rings is 3. The second-order valence-corrected chi connectivity index (χ2v) is 15.8. The highest BCUT2D eigenvalue weighted by Gasteiger charge is 2.55. The van der Waals surface area contributed by atoms with Gasteiger partial charge < -0.3 is 23.3 Å². The Balaban J connectivity index is 1.32. The fourth-order valence-electron chi connectivity index (χ4n) is 4.76. The number of halogens is 7. The second kappa shape index (κ2) is 16.8. The van der Waals surface area contributed by atoms with Crippen molar-refractivity contribution in [3.63, 3.8) is 0 Å². The lowest BCUT2D eigenvalue weighted by Crippen LogP contribution is -2.29. The molecule has 19 heteroatoms. The van der Waals surface area contributed by atoms with Gasteiger partial charge in [0.25, 0.3) is 0 Å². The maximum absolute atomic E-state index is 16.1. The third-order valence-corrected chi connectivity index (χ3v) is 11.4. The van der Waals surface area contributed by atoms with Crippen molar-refractivity contribution in [3.05, 3.63) is 76.6 Å². The van der Waals surface area contributed by atoms with E-state index in [-0.39, 0.29) is 57.2 Å². The van der Waals surface area contributed by atoms with Crippen molar-refractivity contribution in [1.82, 2.24) is 0 Å². The van der Waals surface area contributed by atoms with Crippen molar-refractivity contribution in [2.45, 2.75) is 18.5 Å². The first-order valence-electron chi connectivity index (χ1n) is 15.2. The first-order valence-corrected chi connectivity index (χ1v) is 18.7. The van der Waals surface area contributed by atoms with E-state index >= 15 is 8.78 Å². The predicted molar refractivity (Wildman–Crippen MR) is 171 cm³/mol. The molecule has 2 fully saturated rings. The van der Waals surface area contributed by atoms with Crippen LogP contribution in [0.3, 0.4) is 0 Å². The van der Waals surface area contributed by atoms with E-state index in [1.807, 2.05) is 0 Å². The topological polar surface area (TPSA) is 114 Å². The van der Waals surface area contributed by atoms with Crippen molar-refractivity contribution in [2.24, 2.45) is 11.8 Å². The summed E-state index contributed by atoms with van der Waals surface area (Å²) in [5.41, 5.74) is -5.75. The summed E-state index contributed by atoms with van der Waals surface area (Å²) >= 11 is 1.61. The van der Waals surface area contributed by atoms with Crippen molar-refractivity contribution in [2.75, 3.05) is 51.1 Å². The molecule has 0 N–H and O–H groups in total. The summed E-state index contributed by atoms with van der Waals surface area (Å²) in [6.45, 7) is 0.609. The quantitative estimate of drug-likeness (QED) is 0.0272. The van der Waals surface area contributed by atoms with Crippen LogP contribution in [0.2, 0.25) is 0 Å². The molecule has 0 aromatic heterocycles. The Kier molecular flexibility index (Phi) is 12.9. The molecule has 3 aromatic carbocycles. The smallest absolute Gasteiger partial charge is 0.404 e. The van der Waals surface area contributed by atoms with Crippen LogP contribution in [0.25, 0.3) is 10.8 Å². The van der Waals surface area contributed by atoms with Gasteiger partial charge in [-0.1, -0.05) is 41.7 Å². The van der Waals surface area contributed by atoms with Crippen LogP contribution in [0.4, 0.5) is 30.7 Å². The van der Waals surface area contributed by atoms with Crippen molar-refractivity contribution in [3.8, 4) is 5.75 Å². The third kappa shape index (κ3) is 9.15. The number of ether oxygens (including phenoxy) is 3. The van der Waals surface area contributed by atoms with Gasteiger partial charge in [-0.05, 0) is 29.0 Å². The van der Waals surface area contributed by atoms with E-state index in [9.17, 15) is 40.9 Å². The van der Waals surface area contributed by atoms with Crippen LogP contribution in [0, 0.1) is 40.9 Å². The fourth-order valence-corrected chi connectivity index (χ4v) is 8.02. The van der Waals surface area contributed by atoms with Crippen LogP contribution in [0.5, 0.6) is 5.75 Å². The second-order valence-electron chi connectivity index (χ2n) is 11.4. The molecule has 5 rings (SSSR count). The molecule has 0 amide bonds. The molecule has 0 radical (unpaired) electrons. The van der Waals surface area contributed by atoms with Crippen molar-refractivity contribution >= 4 is 58.1 Å². The van der Waals surface area contributed by atoms with Crippen LogP contribution in [-0.2, 0) is 38.3 Å². The summed E-state index contributed by atoms with van der Waals surface area (Å²) in [5, 5.41) is -0.319. The minimum Gasteiger partial charge on any atom is -0.416 e. The lowest BCUT2D eigenvalue weighted by atomic mass is 10.0. The van der Waals surface area contributed by atoms with Gasteiger partial charge in [0.1, 0.15) is 0 Å². The summed E-state index contributed by atoms with van der Waals surface area (Å²) in [6, 6.07) is 6.17. The molecule has 2 saturated heterocycles. The average molecular weight is 785 g/mol. The zero-order valence-electron chi connectivity index (χ0n) is 26.3. The standard InChI is InChI=1S/C32H28F7O9PS2/c33-25-26(34)28(36)30(29(37)27(25)35)48-31(42)20-2-1-19-3-4-22(12-21(19)11-20)32(38,39)49(43,46-5-7-50-23(40)9-17-13-44-14-17)47-6-8-51-24(41)10-18-15-45-16-18/h1-4,11-12,17-18H,5-10,13-16H2. The summed E-state index contributed by atoms with van der Waals surface area (Å²) in [5.74, 6) is -15.5. The van der Waals surface area contributed by atoms with Gasteiger partial charge in [0, 0.05) is 41.7 Å². The number of hydrogen-bond donors (Lipinski definition) is 0. The zero-order valence-corrected chi connectivity index (χ0v) is 28.8. The molecule has 0 saturated carbocycles. The molecular formula is C32H28F7O9PS2. The Morgan fingerprint density at radius 1 is 0.725 bits per heavy atom. The highest BCUT2D eigenvalue weighted by Crippen LogP contribution is 2.67. The SMILES string of the molecule is O=C(CC1COC1)SCCOP(=O)(OCCSC(=O)CC1COC1)C(F)(F)c1ccc2ccc(C(=O)Oc3c(F)c(F)c(F)c(F)c3F)cc2c1. The molecular weight excluding hydrogens is 756 g/mol. The van der Waals surface area contributed by atoms with Gasteiger partial charge in [-0.2, -0.15) is 17.6 Å². The van der Waals surface area contributed by atoms with Gasteiger partial charge in [-0.25, -0.2) is 18.0 Å². The van der Waals surface area contributed by atoms with Crippen LogP contribution in [0.1, 0.15) is 28.8 Å². The van der Waals surface area contributed by atoms with E-state index < -0.39 is 78.4 Å². The van der Waals surface area contributed by atoms with Gasteiger partial charge in [-0.3, -0.25) is 14.2 Å². The molecule has 0 aliphatic carbocycles. The number of thioether (sulfide) groups is 2. The largest absolute Gasteiger partial charge is 0.416 e. The van der Waals surface area contributed by atoms with E-state index in [4.69, 9.17) is 18.5 Å². The maximum Gasteiger partial charge on any atom is 0.404 e. The van der Waals surface area contributed by atoms with Gasteiger partial charge >= 0.3 is 19.2 Å². The van der Waals surface area contributed by atoms with Crippen LogP contribution >= 0.6 is 31.1 Å². The number of carbonyl (C=O) groups is 3. The van der Waals surface area contributed by atoms with Crippen LogP contribution < -0.4 is 4.74 Å².